The zero-order valence-electron chi connectivity index (χ0n) is 29.0. The van der Waals surface area contributed by atoms with Gasteiger partial charge in [0.15, 0.2) is 24.2 Å². The van der Waals surface area contributed by atoms with E-state index in [1.54, 1.807) is 0 Å². The lowest BCUT2D eigenvalue weighted by Crippen LogP contribution is -2.62. The lowest BCUT2D eigenvalue weighted by atomic mass is 9.97. The van der Waals surface area contributed by atoms with Crippen LogP contribution in [0.5, 0.6) is 0 Å². The van der Waals surface area contributed by atoms with Crippen molar-refractivity contribution < 1.29 is 52.5 Å². The lowest BCUT2D eigenvalue weighted by molar-refractivity contribution is -0.329. The molecule has 0 aliphatic carbocycles. The number of ether oxygens (including phenoxy) is 10. The van der Waals surface area contributed by atoms with Gasteiger partial charge in [-0.3, -0.25) is 0 Å². The molecule has 0 bridgehead atoms. The zero-order valence-corrected chi connectivity index (χ0v) is 29.0. The van der Waals surface area contributed by atoms with Crippen LogP contribution in [0.15, 0.2) is 91.0 Å². The van der Waals surface area contributed by atoms with E-state index in [0.717, 1.165) is 16.7 Å². The van der Waals surface area contributed by atoms with Crippen LogP contribution >= 0.6 is 0 Å². The molecule has 7 rings (SSSR count). The van der Waals surface area contributed by atoms with Gasteiger partial charge in [0, 0.05) is 0 Å². The fourth-order valence-corrected chi connectivity index (χ4v) is 6.98. The highest BCUT2D eigenvalue weighted by atomic mass is 16.9. The van der Waals surface area contributed by atoms with Crippen molar-refractivity contribution >= 4 is 0 Å². The Hall–Kier alpha value is -2.78. The van der Waals surface area contributed by atoms with E-state index in [0.29, 0.717) is 13.2 Å². The maximum atomic E-state index is 11.9. The number of rotatable bonds is 13. The second-order valence-electron chi connectivity index (χ2n) is 14.1. The van der Waals surface area contributed by atoms with Gasteiger partial charge in [-0.2, -0.15) is 0 Å². The molecule has 11 heteroatoms. The molecule has 0 radical (unpaired) electrons. The van der Waals surface area contributed by atoms with Gasteiger partial charge >= 0.3 is 0 Å². The summed E-state index contributed by atoms with van der Waals surface area (Å²) in [5.41, 5.74) is 2.97. The highest BCUT2D eigenvalue weighted by Gasteiger charge is 2.61. The first kappa shape index (κ1) is 35.6. The molecule has 50 heavy (non-hydrogen) atoms. The zero-order chi connectivity index (χ0) is 34.7. The molecule has 4 fully saturated rings. The number of hydrogen-bond donors (Lipinski definition) is 1. The van der Waals surface area contributed by atoms with Gasteiger partial charge in [-0.25, -0.2) is 0 Å². The van der Waals surface area contributed by atoms with Crippen molar-refractivity contribution in [2.24, 2.45) is 0 Å². The smallest absolute Gasteiger partial charge is 0.190 e. The lowest BCUT2D eigenvalue weighted by Gasteiger charge is -2.45. The topological polar surface area (TPSA) is 113 Å². The molecule has 3 aromatic rings. The van der Waals surface area contributed by atoms with Crippen LogP contribution in [0.2, 0.25) is 0 Å². The van der Waals surface area contributed by atoms with Crippen molar-refractivity contribution in [2.45, 2.75) is 121 Å². The number of aliphatic hydroxyl groups excluding tert-OH is 1. The summed E-state index contributed by atoms with van der Waals surface area (Å²) in [6.45, 7) is 8.52. The predicted octanol–water partition coefficient (Wildman–Crippen LogP) is 4.87. The van der Waals surface area contributed by atoms with E-state index in [9.17, 15) is 5.11 Å². The molecule has 0 aromatic heterocycles. The standard InChI is InChI=1S/C39H48O11/c1-38(2)47-32-29(46-37-35(34(32)48-38)49-39(3,4)50-37)24-44-36-30(40)33(43-22-27-18-12-7-13-19-27)31(42-21-26-16-10-6-11-17-26)28(45-36)23-41-20-25-14-8-5-9-15-25/h5-19,28-37,40H,20-24H2,1-4H3. The molecular weight excluding hydrogens is 644 g/mol. The summed E-state index contributed by atoms with van der Waals surface area (Å²) in [5, 5.41) is 11.9. The van der Waals surface area contributed by atoms with Crippen molar-refractivity contribution in [3.63, 3.8) is 0 Å². The monoisotopic (exact) mass is 692 g/mol. The summed E-state index contributed by atoms with van der Waals surface area (Å²) < 4.78 is 63.2. The van der Waals surface area contributed by atoms with Crippen molar-refractivity contribution in [2.75, 3.05) is 13.2 Å². The van der Waals surface area contributed by atoms with Gasteiger partial charge in [0.1, 0.15) is 48.8 Å². The predicted molar refractivity (Wildman–Crippen MR) is 179 cm³/mol. The molecule has 0 spiro atoms. The first-order valence-electron chi connectivity index (χ1n) is 17.4. The third-order valence-electron chi connectivity index (χ3n) is 9.25. The van der Waals surface area contributed by atoms with E-state index in [1.807, 2.05) is 119 Å². The van der Waals surface area contributed by atoms with Gasteiger partial charge in [0.05, 0.1) is 33.0 Å². The molecule has 4 saturated heterocycles. The van der Waals surface area contributed by atoms with Gasteiger partial charge in [0.25, 0.3) is 0 Å². The number of fused-ring (bicyclic) bond motifs is 3. The molecule has 1 N–H and O–H groups in total. The molecule has 0 saturated carbocycles. The molecule has 270 valence electrons. The minimum absolute atomic E-state index is 0.0217. The highest BCUT2D eigenvalue weighted by molar-refractivity contribution is 5.15. The van der Waals surface area contributed by atoms with Crippen LogP contribution in [-0.4, -0.2) is 91.3 Å². The van der Waals surface area contributed by atoms with Crippen LogP contribution in [0.3, 0.4) is 0 Å². The fraction of sp³-hybridized carbons (Fsp3) is 0.538. The first-order chi connectivity index (χ1) is 24.1. The van der Waals surface area contributed by atoms with E-state index in [4.69, 9.17) is 47.4 Å². The fourth-order valence-electron chi connectivity index (χ4n) is 6.98. The number of benzene rings is 3. The molecule has 10 unspecified atom stereocenters. The van der Waals surface area contributed by atoms with E-state index in [2.05, 4.69) is 0 Å². The average Bonchev–Trinajstić information content (AvgIpc) is 3.61. The van der Waals surface area contributed by atoms with Gasteiger partial charge in [0.2, 0.25) is 0 Å². The third-order valence-corrected chi connectivity index (χ3v) is 9.25. The summed E-state index contributed by atoms with van der Waals surface area (Å²) >= 11 is 0. The molecule has 0 amide bonds. The normalized spacial score (nSPS) is 34.3. The van der Waals surface area contributed by atoms with Gasteiger partial charge in [-0.05, 0) is 44.4 Å². The quantitative estimate of drug-likeness (QED) is 0.265. The Bertz CT molecular complexity index is 1490. The first-order valence-corrected chi connectivity index (χ1v) is 17.4. The SMILES string of the molecule is CC1(C)OC2OC(COC3OC(COCc4ccccc4)C(OCc4ccccc4)C(OCc4ccccc4)C3O)C3OC(C)(C)OC3C2O1. The Morgan fingerprint density at radius 2 is 1.06 bits per heavy atom. The minimum Gasteiger partial charge on any atom is -0.385 e. The van der Waals surface area contributed by atoms with Crippen LogP contribution in [0.25, 0.3) is 0 Å². The minimum atomic E-state index is -1.21. The second-order valence-corrected chi connectivity index (χ2v) is 14.1. The van der Waals surface area contributed by atoms with Crippen LogP contribution in [0.1, 0.15) is 44.4 Å². The Balaban J connectivity index is 1.10. The van der Waals surface area contributed by atoms with E-state index < -0.39 is 73.0 Å². The number of aliphatic hydroxyl groups is 1. The van der Waals surface area contributed by atoms with E-state index >= 15 is 0 Å². The molecule has 10 atom stereocenters. The Labute approximate surface area is 293 Å². The highest BCUT2D eigenvalue weighted by Crippen LogP contribution is 2.44. The van der Waals surface area contributed by atoms with Crippen molar-refractivity contribution in [1.82, 2.24) is 0 Å². The molecule has 4 aliphatic rings. The van der Waals surface area contributed by atoms with Crippen molar-refractivity contribution in [3.05, 3.63) is 108 Å². The molecule has 11 nitrogen and oxygen atoms in total. The Kier molecular flexibility index (Phi) is 11.0. The summed E-state index contributed by atoms with van der Waals surface area (Å²) in [4.78, 5) is 0. The average molecular weight is 693 g/mol. The van der Waals surface area contributed by atoms with Crippen LogP contribution in [0.4, 0.5) is 0 Å². The maximum absolute atomic E-state index is 11.9. The molecule has 4 aliphatic heterocycles. The third kappa shape index (κ3) is 8.46. The number of hydrogen-bond acceptors (Lipinski definition) is 11. The largest absolute Gasteiger partial charge is 0.385 e. The Morgan fingerprint density at radius 1 is 0.540 bits per heavy atom. The van der Waals surface area contributed by atoms with Crippen molar-refractivity contribution in [3.8, 4) is 0 Å². The van der Waals surface area contributed by atoms with E-state index in [-0.39, 0.29) is 19.8 Å². The molecular formula is C39H48O11. The Morgan fingerprint density at radius 3 is 1.68 bits per heavy atom. The maximum Gasteiger partial charge on any atom is 0.190 e. The van der Waals surface area contributed by atoms with Gasteiger partial charge in [-0.15, -0.1) is 0 Å². The molecule has 3 aromatic carbocycles. The summed E-state index contributed by atoms with van der Waals surface area (Å²) in [7, 11) is 0. The molecule has 4 heterocycles. The van der Waals surface area contributed by atoms with Crippen LogP contribution in [0, 0.1) is 0 Å². The summed E-state index contributed by atoms with van der Waals surface area (Å²) in [5.74, 6) is -1.71. The van der Waals surface area contributed by atoms with Crippen molar-refractivity contribution in [1.29, 1.82) is 0 Å². The second kappa shape index (κ2) is 15.4. The summed E-state index contributed by atoms with van der Waals surface area (Å²) in [6.07, 6.45) is -7.11. The summed E-state index contributed by atoms with van der Waals surface area (Å²) in [6, 6.07) is 29.6. The van der Waals surface area contributed by atoms with E-state index in [1.165, 1.54) is 0 Å². The van der Waals surface area contributed by atoms with Crippen LogP contribution < -0.4 is 0 Å². The van der Waals surface area contributed by atoms with Gasteiger partial charge < -0.3 is 52.5 Å². The van der Waals surface area contributed by atoms with Crippen LogP contribution in [-0.2, 0) is 67.2 Å². The van der Waals surface area contributed by atoms with Gasteiger partial charge in [-0.1, -0.05) is 91.0 Å².